The summed E-state index contributed by atoms with van der Waals surface area (Å²) >= 11 is 0. The SMILES string of the molecule is CCOC(=O)C[C@H](NC(=O)C(c1cc(CO)ccc1F)n1cc(CCN2CC(F)C2)c(C(F)(F)F)cc1=O)c1cc(-c2c(C)cccc2O)cc(C)c1F. The summed E-state index contributed by atoms with van der Waals surface area (Å²) in [6.07, 6.45) is -6.32. The summed E-state index contributed by atoms with van der Waals surface area (Å²) in [6.45, 7) is 3.96. The Morgan fingerprint density at radius 1 is 1.02 bits per heavy atom. The van der Waals surface area contributed by atoms with Gasteiger partial charge in [0.15, 0.2) is 0 Å². The molecule has 0 saturated carbocycles. The van der Waals surface area contributed by atoms with Crippen LogP contribution in [0.4, 0.5) is 26.3 Å². The van der Waals surface area contributed by atoms with E-state index in [1.165, 1.54) is 38.1 Å². The van der Waals surface area contributed by atoms with Crippen LogP contribution in [0.15, 0.2) is 65.6 Å². The van der Waals surface area contributed by atoms with Gasteiger partial charge in [-0.05, 0) is 85.3 Å². The second-order valence-corrected chi connectivity index (χ2v) is 13.2. The first kappa shape index (κ1) is 40.0. The Hall–Kier alpha value is -5.15. The number of rotatable bonds is 13. The zero-order valence-electron chi connectivity index (χ0n) is 29.6. The van der Waals surface area contributed by atoms with E-state index in [9.17, 15) is 42.2 Å². The third kappa shape index (κ3) is 8.79. The van der Waals surface area contributed by atoms with E-state index in [1.54, 1.807) is 24.0 Å². The maximum atomic E-state index is 16.1. The minimum absolute atomic E-state index is 0.00767. The molecular formula is C39H39F6N3O6. The fourth-order valence-electron chi connectivity index (χ4n) is 6.64. The molecule has 9 nitrogen and oxygen atoms in total. The number of nitrogens with zero attached hydrogens (tertiary/aromatic N) is 2. The number of aromatic hydroxyl groups is 1. The summed E-state index contributed by atoms with van der Waals surface area (Å²) in [5.74, 6) is -4.12. The van der Waals surface area contributed by atoms with Gasteiger partial charge >= 0.3 is 12.1 Å². The molecule has 54 heavy (non-hydrogen) atoms. The van der Waals surface area contributed by atoms with Gasteiger partial charge in [0, 0.05) is 48.6 Å². The molecule has 4 aromatic rings. The van der Waals surface area contributed by atoms with Crippen LogP contribution < -0.4 is 10.9 Å². The van der Waals surface area contributed by atoms with E-state index < -0.39 is 83.2 Å². The minimum atomic E-state index is -5.00. The topological polar surface area (TPSA) is 121 Å². The summed E-state index contributed by atoms with van der Waals surface area (Å²) < 4.78 is 93.6. The predicted octanol–water partition coefficient (Wildman–Crippen LogP) is 6.22. The van der Waals surface area contributed by atoms with Gasteiger partial charge in [-0.25, -0.2) is 13.2 Å². The number of aryl methyl sites for hydroxylation is 2. The van der Waals surface area contributed by atoms with Gasteiger partial charge in [0.25, 0.3) is 5.56 Å². The maximum absolute atomic E-state index is 16.1. The van der Waals surface area contributed by atoms with Crippen LogP contribution in [0.25, 0.3) is 11.1 Å². The number of phenolic OH excluding ortho intramolecular Hbond substituents is 1. The fraction of sp³-hybridized carbons (Fsp3) is 0.359. The van der Waals surface area contributed by atoms with E-state index in [0.29, 0.717) is 21.3 Å². The van der Waals surface area contributed by atoms with E-state index >= 15 is 8.78 Å². The van der Waals surface area contributed by atoms with Gasteiger partial charge in [0.2, 0.25) is 5.91 Å². The van der Waals surface area contributed by atoms with Gasteiger partial charge in [-0.1, -0.05) is 18.2 Å². The average molecular weight is 760 g/mol. The molecule has 1 fully saturated rings. The maximum Gasteiger partial charge on any atom is 0.416 e. The number of aromatic nitrogens is 1. The molecule has 0 bridgehead atoms. The quantitative estimate of drug-likeness (QED) is 0.109. The Morgan fingerprint density at radius 2 is 1.74 bits per heavy atom. The number of benzene rings is 3. The highest BCUT2D eigenvalue weighted by molar-refractivity contribution is 5.85. The molecule has 2 atom stereocenters. The predicted molar refractivity (Wildman–Crippen MR) is 186 cm³/mol. The lowest BCUT2D eigenvalue weighted by molar-refractivity contribution is -0.144. The molecule has 0 spiro atoms. The molecule has 1 amide bonds. The number of halogens is 6. The molecule has 0 aliphatic carbocycles. The number of aliphatic hydroxyl groups excluding tert-OH is 1. The molecule has 1 aromatic heterocycles. The molecule has 1 aliphatic rings. The number of hydrogen-bond acceptors (Lipinski definition) is 7. The van der Waals surface area contributed by atoms with Crippen LogP contribution >= 0.6 is 0 Å². The van der Waals surface area contributed by atoms with E-state index in [0.717, 1.165) is 18.3 Å². The Labute approximate surface area is 306 Å². The molecule has 3 aromatic carbocycles. The van der Waals surface area contributed by atoms with Gasteiger partial charge in [-0.15, -0.1) is 0 Å². The molecule has 3 N–H and O–H groups in total. The zero-order chi connectivity index (χ0) is 39.5. The number of alkyl halides is 4. The van der Waals surface area contributed by atoms with Gasteiger partial charge in [0.05, 0.1) is 31.2 Å². The van der Waals surface area contributed by atoms with Crippen molar-refractivity contribution >= 4 is 11.9 Å². The smallest absolute Gasteiger partial charge is 0.416 e. The van der Waals surface area contributed by atoms with Crippen molar-refractivity contribution in [2.24, 2.45) is 0 Å². The standard InChI is InChI=1S/C39H39F6N3O6/c1-4-54-34(52)16-31(28-14-25(12-22(3)36(28)42)35-21(2)6-5-7-32(35)50)46-38(53)37(27-13-23(20-49)8-9-30(27)41)48-17-24(10-11-47-18-26(40)19-47)29(15-33(48)51)39(43,44)45/h5-9,12-15,17,26,31,37,49-50H,4,10-11,16,18-20H2,1-3H3,(H,46,53)/t31-,37?/m0/s1. The number of esters is 1. The highest BCUT2D eigenvalue weighted by Crippen LogP contribution is 2.37. The Bertz CT molecular complexity index is 2080. The number of amides is 1. The van der Waals surface area contributed by atoms with Gasteiger partial charge in [-0.3, -0.25) is 23.9 Å². The van der Waals surface area contributed by atoms with E-state index in [2.05, 4.69) is 5.32 Å². The Balaban J connectivity index is 1.67. The summed E-state index contributed by atoms with van der Waals surface area (Å²) in [7, 11) is 0. The van der Waals surface area contributed by atoms with Crippen molar-refractivity contribution in [3.63, 3.8) is 0 Å². The van der Waals surface area contributed by atoms with Crippen LogP contribution in [-0.4, -0.2) is 64.0 Å². The first-order valence-electron chi connectivity index (χ1n) is 17.1. The summed E-state index contributed by atoms with van der Waals surface area (Å²) in [5.41, 5.74) is -2.37. The van der Waals surface area contributed by atoms with Crippen molar-refractivity contribution in [3.05, 3.63) is 122 Å². The van der Waals surface area contributed by atoms with E-state index in [1.807, 2.05) is 0 Å². The van der Waals surface area contributed by atoms with Crippen LogP contribution in [0.1, 0.15) is 64.4 Å². The number of carbonyl (C=O) groups is 2. The molecule has 1 unspecified atom stereocenters. The first-order chi connectivity index (χ1) is 25.5. The lowest BCUT2D eigenvalue weighted by Gasteiger charge is -2.34. The molecule has 1 aliphatic heterocycles. The Morgan fingerprint density at radius 3 is 2.37 bits per heavy atom. The van der Waals surface area contributed by atoms with Crippen LogP contribution in [0.2, 0.25) is 0 Å². The van der Waals surface area contributed by atoms with Crippen LogP contribution in [0, 0.1) is 25.5 Å². The van der Waals surface area contributed by atoms with Gasteiger partial charge in [-0.2, -0.15) is 13.2 Å². The number of carbonyl (C=O) groups excluding carboxylic acids is 2. The summed E-state index contributed by atoms with van der Waals surface area (Å²) in [5, 5.41) is 23.1. The van der Waals surface area contributed by atoms with Crippen molar-refractivity contribution in [1.82, 2.24) is 14.8 Å². The zero-order valence-corrected chi connectivity index (χ0v) is 29.6. The second kappa shape index (κ2) is 16.5. The number of nitrogens with one attached hydrogen (secondary N) is 1. The molecule has 1 saturated heterocycles. The highest BCUT2D eigenvalue weighted by atomic mass is 19.4. The third-order valence-electron chi connectivity index (χ3n) is 9.33. The molecule has 15 heteroatoms. The van der Waals surface area contributed by atoms with Crippen molar-refractivity contribution < 1.29 is 50.9 Å². The minimum Gasteiger partial charge on any atom is -0.507 e. The molecule has 0 radical (unpaired) electrons. The van der Waals surface area contributed by atoms with Crippen LogP contribution in [0.3, 0.4) is 0 Å². The Kier molecular flexibility index (Phi) is 12.2. The van der Waals surface area contributed by atoms with Crippen molar-refractivity contribution in [1.29, 1.82) is 0 Å². The fourth-order valence-corrected chi connectivity index (χ4v) is 6.64. The number of phenols is 1. The number of pyridine rings is 1. The van der Waals surface area contributed by atoms with Crippen molar-refractivity contribution in [2.75, 3.05) is 26.2 Å². The van der Waals surface area contributed by atoms with Crippen LogP contribution in [0.5, 0.6) is 5.75 Å². The second-order valence-electron chi connectivity index (χ2n) is 13.2. The monoisotopic (exact) mass is 759 g/mol. The molecule has 2 heterocycles. The number of aliphatic hydroxyl groups is 1. The molecule has 288 valence electrons. The average Bonchev–Trinajstić information content (AvgIpc) is 3.08. The summed E-state index contributed by atoms with van der Waals surface area (Å²) in [6, 6.07) is 7.40. The van der Waals surface area contributed by atoms with Crippen molar-refractivity contribution in [2.45, 2.75) is 64.7 Å². The largest absolute Gasteiger partial charge is 0.507 e. The lowest BCUT2D eigenvalue weighted by atomic mass is 9.92. The van der Waals surface area contributed by atoms with Gasteiger partial charge < -0.3 is 20.3 Å². The first-order valence-corrected chi connectivity index (χ1v) is 17.1. The number of hydrogen-bond donors (Lipinski definition) is 3. The number of likely N-dealkylation sites (tertiary alicyclic amines) is 1. The van der Waals surface area contributed by atoms with E-state index in [4.69, 9.17) is 4.74 Å². The lowest BCUT2D eigenvalue weighted by Crippen LogP contribution is -2.49. The highest BCUT2D eigenvalue weighted by Gasteiger charge is 2.37. The van der Waals surface area contributed by atoms with Gasteiger partial charge in [0.1, 0.15) is 29.6 Å². The van der Waals surface area contributed by atoms with E-state index in [-0.39, 0.29) is 61.2 Å². The number of ether oxygens (including phenoxy) is 1. The normalized spacial score (nSPS) is 14.7. The molecule has 5 rings (SSSR count). The third-order valence-corrected chi connectivity index (χ3v) is 9.33. The summed E-state index contributed by atoms with van der Waals surface area (Å²) in [4.78, 5) is 42.5. The van der Waals surface area contributed by atoms with Crippen LogP contribution in [-0.2, 0) is 33.5 Å². The van der Waals surface area contributed by atoms with Crippen molar-refractivity contribution in [3.8, 4) is 16.9 Å². The molecular weight excluding hydrogens is 720 g/mol.